The van der Waals surface area contributed by atoms with E-state index < -0.39 is 0 Å². The lowest BCUT2D eigenvalue weighted by molar-refractivity contribution is 0.660. The Morgan fingerprint density at radius 3 is 2.29 bits per heavy atom. The minimum Gasteiger partial charge on any atom is -0.0984 e. The number of rotatable bonds is 2. The molecule has 0 aliphatic heterocycles. The van der Waals surface area contributed by atoms with E-state index in [0.717, 1.165) is 0 Å². The van der Waals surface area contributed by atoms with E-state index >= 15 is 0 Å². The molecule has 24 heavy (non-hydrogen) atoms. The molecule has 0 bridgehead atoms. The first-order chi connectivity index (χ1) is 11.5. The van der Waals surface area contributed by atoms with Crippen LogP contribution in [0.1, 0.15) is 36.1 Å². The van der Waals surface area contributed by atoms with Crippen LogP contribution in [0.3, 0.4) is 0 Å². The van der Waals surface area contributed by atoms with Crippen molar-refractivity contribution in [2.45, 2.75) is 26.2 Å². The van der Waals surface area contributed by atoms with Crippen LogP contribution in [0.5, 0.6) is 0 Å². The van der Waals surface area contributed by atoms with Gasteiger partial charge in [0.15, 0.2) is 0 Å². The molecular weight excluding hydrogens is 288 g/mol. The molecule has 0 aromatic heterocycles. The quantitative estimate of drug-likeness (QED) is 0.499. The van der Waals surface area contributed by atoms with Crippen LogP contribution in [-0.2, 0) is 5.41 Å². The zero-order valence-electron chi connectivity index (χ0n) is 14.6. The fourth-order valence-electron chi connectivity index (χ4n) is 4.08. The zero-order valence-corrected chi connectivity index (χ0v) is 14.6. The largest absolute Gasteiger partial charge is 0.0984 e. The SMILES string of the molecule is C=Cc1c(C)cccc1-c1ccc2c(c1)C(C)(C)c1ccccc1-2. The Labute approximate surface area is 144 Å². The van der Waals surface area contributed by atoms with Crippen LogP contribution in [0.4, 0.5) is 0 Å². The number of aryl methyl sites for hydroxylation is 1. The van der Waals surface area contributed by atoms with Gasteiger partial charge < -0.3 is 0 Å². The lowest BCUT2D eigenvalue weighted by Crippen LogP contribution is -2.14. The van der Waals surface area contributed by atoms with E-state index in [1.165, 1.54) is 44.5 Å². The molecule has 0 fully saturated rings. The standard InChI is InChI=1S/C24H22/c1-5-18-16(2)9-8-11-19(18)17-13-14-21-20-10-6-7-12-22(20)24(3,4)23(21)15-17/h5-15H,1H2,2-4H3. The normalized spacial score (nSPS) is 14.1. The maximum absolute atomic E-state index is 4.01. The number of benzene rings is 3. The van der Waals surface area contributed by atoms with Gasteiger partial charge in [-0.3, -0.25) is 0 Å². The Bertz CT molecular complexity index is 958. The van der Waals surface area contributed by atoms with E-state index in [-0.39, 0.29) is 5.41 Å². The fraction of sp³-hybridized carbons (Fsp3) is 0.167. The first-order valence-corrected chi connectivity index (χ1v) is 8.51. The van der Waals surface area contributed by atoms with Crippen molar-refractivity contribution in [3.8, 4) is 22.3 Å². The Hall–Kier alpha value is -2.60. The second kappa shape index (κ2) is 5.21. The Kier molecular flexibility index (Phi) is 3.25. The summed E-state index contributed by atoms with van der Waals surface area (Å²) in [6.45, 7) is 10.8. The molecular formula is C24H22. The molecule has 1 aliphatic rings. The van der Waals surface area contributed by atoms with E-state index in [1.54, 1.807) is 0 Å². The molecule has 0 spiro atoms. The molecule has 0 atom stereocenters. The van der Waals surface area contributed by atoms with E-state index in [1.807, 2.05) is 6.08 Å². The third kappa shape index (κ3) is 1.99. The van der Waals surface area contributed by atoms with Gasteiger partial charge in [-0.1, -0.05) is 81.1 Å². The summed E-state index contributed by atoms with van der Waals surface area (Å²) in [6, 6.07) is 22.2. The van der Waals surface area contributed by atoms with Gasteiger partial charge >= 0.3 is 0 Å². The van der Waals surface area contributed by atoms with Crippen molar-refractivity contribution in [3.63, 3.8) is 0 Å². The van der Waals surface area contributed by atoms with E-state index in [9.17, 15) is 0 Å². The molecule has 0 saturated heterocycles. The predicted molar refractivity (Wildman–Crippen MR) is 104 cm³/mol. The summed E-state index contributed by atoms with van der Waals surface area (Å²) < 4.78 is 0. The van der Waals surface area contributed by atoms with Crippen molar-refractivity contribution in [1.29, 1.82) is 0 Å². The molecule has 0 nitrogen and oxygen atoms in total. The summed E-state index contributed by atoms with van der Waals surface area (Å²) >= 11 is 0. The summed E-state index contributed by atoms with van der Waals surface area (Å²) in [6.07, 6.45) is 1.97. The molecule has 4 rings (SSSR count). The maximum atomic E-state index is 4.01. The van der Waals surface area contributed by atoms with Crippen molar-refractivity contribution in [2.75, 3.05) is 0 Å². The number of hydrogen-bond donors (Lipinski definition) is 0. The van der Waals surface area contributed by atoms with Gasteiger partial charge in [-0.2, -0.15) is 0 Å². The first kappa shape index (κ1) is 15.0. The lowest BCUT2D eigenvalue weighted by atomic mass is 9.81. The average molecular weight is 310 g/mol. The lowest BCUT2D eigenvalue weighted by Gasteiger charge is -2.22. The highest BCUT2D eigenvalue weighted by Crippen LogP contribution is 2.49. The fourth-order valence-corrected chi connectivity index (χ4v) is 4.08. The van der Waals surface area contributed by atoms with Gasteiger partial charge in [0.1, 0.15) is 0 Å². The van der Waals surface area contributed by atoms with Crippen LogP contribution >= 0.6 is 0 Å². The van der Waals surface area contributed by atoms with Gasteiger partial charge in [0, 0.05) is 5.41 Å². The van der Waals surface area contributed by atoms with Crippen molar-refractivity contribution in [1.82, 2.24) is 0 Å². The molecule has 0 radical (unpaired) electrons. The van der Waals surface area contributed by atoms with Crippen LogP contribution in [0.25, 0.3) is 28.3 Å². The summed E-state index contributed by atoms with van der Waals surface area (Å²) in [4.78, 5) is 0. The summed E-state index contributed by atoms with van der Waals surface area (Å²) in [7, 11) is 0. The summed E-state index contributed by atoms with van der Waals surface area (Å²) in [5.41, 5.74) is 10.6. The second-order valence-corrected chi connectivity index (χ2v) is 7.17. The third-order valence-corrected chi connectivity index (χ3v) is 5.42. The Morgan fingerprint density at radius 1 is 0.792 bits per heavy atom. The highest BCUT2D eigenvalue weighted by atomic mass is 14.4. The minimum absolute atomic E-state index is 0.0418. The molecule has 3 aromatic rings. The van der Waals surface area contributed by atoms with Crippen LogP contribution in [-0.4, -0.2) is 0 Å². The third-order valence-electron chi connectivity index (χ3n) is 5.42. The number of hydrogen-bond acceptors (Lipinski definition) is 0. The van der Waals surface area contributed by atoms with Gasteiger partial charge in [0.25, 0.3) is 0 Å². The molecule has 0 heteroatoms. The first-order valence-electron chi connectivity index (χ1n) is 8.51. The van der Waals surface area contributed by atoms with E-state index in [4.69, 9.17) is 0 Å². The topological polar surface area (TPSA) is 0 Å². The molecule has 0 amide bonds. The highest BCUT2D eigenvalue weighted by Gasteiger charge is 2.35. The van der Waals surface area contributed by atoms with Crippen molar-refractivity contribution in [3.05, 3.63) is 89.5 Å². The smallest absolute Gasteiger partial charge is 0.0159 e. The van der Waals surface area contributed by atoms with Crippen LogP contribution in [0.15, 0.2) is 67.2 Å². The maximum Gasteiger partial charge on any atom is 0.0159 e. The van der Waals surface area contributed by atoms with Crippen molar-refractivity contribution < 1.29 is 0 Å². The molecule has 0 saturated carbocycles. The summed E-state index contributed by atoms with van der Waals surface area (Å²) in [5.74, 6) is 0. The molecule has 0 unspecified atom stereocenters. The molecule has 0 heterocycles. The van der Waals surface area contributed by atoms with Crippen LogP contribution in [0, 0.1) is 6.92 Å². The van der Waals surface area contributed by atoms with Gasteiger partial charge in [-0.25, -0.2) is 0 Å². The molecule has 3 aromatic carbocycles. The van der Waals surface area contributed by atoms with E-state index in [2.05, 4.69) is 88.0 Å². The van der Waals surface area contributed by atoms with Gasteiger partial charge in [0.2, 0.25) is 0 Å². The van der Waals surface area contributed by atoms with Crippen molar-refractivity contribution in [2.24, 2.45) is 0 Å². The monoisotopic (exact) mass is 310 g/mol. The number of fused-ring (bicyclic) bond motifs is 3. The summed E-state index contributed by atoms with van der Waals surface area (Å²) in [5, 5.41) is 0. The van der Waals surface area contributed by atoms with E-state index in [0.29, 0.717) is 0 Å². The van der Waals surface area contributed by atoms with Gasteiger partial charge in [-0.15, -0.1) is 0 Å². The Balaban J connectivity index is 1.95. The molecule has 1 aliphatic carbocycles. The minimum atomic E-state index is 0.0418. The molecule has 0 N–H and O–H groups in total. The highest BCUT2D eigenvalue weighted by molar-refractivity contribution is 5.85. The second-order valence-electron chi connectivity index (χ2n) is 7.17. The molecule has 118 valence electrons. The van der Waals surface area contributed by atoms with Gasteiger partial charge in [-0.05, 0) is 57.5 Å². The Morgan fingerprint density at radius 2 is 1.50 bits per heavy atom. The van der Waals surface area contributed by atoms with Crippen molar-refractivity contribution >= 4 is 6.08 Å². The van der Waals surface area contributed by atoms with Crippen LogP contribution < -0.4 is 0 Å². The van der Waals surface area contributed by atoms with Crippen LogP contribution in [0.2, 0.25) is 0 Å². The zero-order chi connectivity index (χ0) is 16.9. The predicted octanol–water partition coefficient (Wildman–Crippen LogP) is 6.61. The average Bonchev–Trinajstić information content (AvgIpc) is 2.83. The van der Waals surface area contributed by atoms with Gasteiger partial charge in [0.05, 0.1) is 0 Å².